The van der Waals surface area contributed by atoms with Crippen molar-refractivity contribution in [3.05, 3.63) is 92.1 Å². The quantitative estimate of drug-likeness (QED) is 0.619. The molecule has 0 radical (unpaired) electrons. The Balaban J connectivity index is 1.42. The van der Waals surface area contributed by atoms with Crippen LogP contribution in [0.5, 0.6) is 0 Å². The Kier molecular flexibility index (Phi) is 5.93. The Morgan fingerprint density at radius 1 is 1.03 bits per heavy atom. The summed E-state index contributed by atoms with van der Waals surface area (Å²) in [6.45, 7) is 0.781. The molecule has 0 saturated carbocycles. The molecule has 3 aromatic rings. The summed E-state index contributed by atoms with van der Waals surface area (Å²) in [5.41, 5.74) is 2.53. The highest BCUT2D eigenvalue weighted by molar-refractivity contribution is 5.94. The van der Waals surface area contributed by atoms with Crippen LogP contribution in [0.2, 0.25) is 0 Å². The number of carbonyl (C=O) groups is 1. The highest BCUT2D eigenvalue weighted by Crippen LogP contribution is 2.19. The minimum atomic E-state index is -0.447. The average molecular weight is 403 g/mol. The summed E-state index contributed by atoms with van der Waals surface area (Å²) in [5, 5.41) is 3.44. The Hall–Kier alpha value is -3.41. The summed E-state index contributed by atoms with van der Waals surface area (Å²) < 4.78 is 1.18. The van der Waals surface area contributed by atoms with Crippen LogP contribution in [0.1, 0.15) is 48.0 Å². The van der Waals surface area contributed by atoms with Crippen molar-refractivity contribution in [3.8, 4) is 0 Å². The van der Waals surface area contributed by atoms with Crippen molar-refractivity contribution in [2.45, 2.75) is 38.6 Å². The number of nitrogens with one attached hydrogen (secondary N) is 2. The molecule has 0 aliphatic heterocycles. The lowest BCUT2D eigenvalue weighted by Crippen LogP contribution is -2.35. The van der Waals surface area contributed by atoms with Gasteiger partial charge in [-0.25, -0.2) is 4.79 Å². The molecule has 2 aromatic carbocycles. The Morgan fingerprint density at radius 2 is 1.83 bits per heavy atom. The van der Waals surface area contributed by atoms with Crippen LogP contribution in [0.15, 0.2) is 69.8 Å². The highest BCUT2D eigenvalue weighted by Gasteiger charge is 2.10. The Morgan fingerprint density at radius 3 is 2.60 bits per heavy atom. The van der Waals surface area contributed by atoms with Crippen molar-refractivity contribution < 1.29 is 4.79 Å². The lowest BCUT2D eigenvalue weighted by molar-refractivity contribution is 0.0954. The molecule has 1 aliphatic carbocycles. The van der Waals surface area contributed by atoms with Crippen LogP contribution in [0.25, 0.3) is 10.9 Å². The smallest absolute Gasteiger partial charge is 0.329 e. The highest BCUT2D eigenvalue weighted by atomic mass is 16.2. The zero-order valence-electron chi connectivity index (χ0n) is 16.8. The van der Waals surface area contributed by atoms with E-state index < -0.39 is 5.69 Å². The maximum absolute atomic E-state index is 12.7. The zero-order valence-corrected chi connectivity index (χ0v) is 16.8. The molecule has 30 heavy (non-hydrogen) atoms. The largest absolute Gasteiger partial charge is 0.352 e. The maximum Gasteiger partial charge on any atom is 0.329 e. The first-order valence-corrected chi connectivity index (χ1v) is 10.4. The Labute approximate surface area is 174 Å². The van der Waals surface area contributed by atoms with E-state index in [2.05, 4.69) is 16.4 Å². The zero-order chi connectivity index (χ0) is 20.9. The number of benzene rings is 2. The number of allylic oxidation sites excluding steroid dienone is 1. The summed E-state index contributed by atoms with van der Waals surface area (Å²) in [6.07, 6.45) is 7.98. The van der Waals surface area contributed by atoms with Gasteiger partial charge in [0.25, 0.3) is 11.5 Å². The number of carbonyl (C=O) groups excluding carboxylic acids is 1. The number of hydrogen-bond donors (Lipinski definition) is 2. The molecule has 1 aliphatic rings. The molecule has 1 heterocycles. The molecule has 2 N–H and O–H groups in total. The molecule has 154 valence electrons. The van der Waals surface area contributed by atoms with Crippen LogP contribution < -0.4 is 16.6 Å². The van der Waals surface area contributed by atoms with Crippen molar-refractivity contribution in [3.63, 3.8) is 0 Å². The number of fused-ring (bicyclic) bond motifs is 1. The molecule has 6 nitrogen and oxygen atoms in total. The van der Waals surface area contributed by atoms with E-state index >= 15 is 0 Å². The molecule has 0 spiro atoms. The van der Waals surface area contributed by atoms with Gasteiger partial charge in [0.15, 0.2) is 0 Å². The van der Waals surface area contributed by atoms with Gasteiger partial charge in [0.1, 0.15) is 0 Å². The molecule has 4 rings (SSSR count). The van der Waals surface area contributed by atoms with Crippen molar-refractivity contribution in [2.24, 2.45) is 0 Å². The van der Waals surface area contributed by atoms with E-state index in [9.17, 15) is 14.4 Å². The van der Waals surface area contributed by atoms with Crippen molar-refractivity contribution in [1.29, 1.82) is 0 Å². The van der Waals surface area contributed by atoms with E-state index in [0.717, 1.165) is 24.8 Å². The summed E-state index contributed by atoms with van der Waals surface area (Å²) in [7, 11) is 0. The van der Waals surface area contributed by atoms with Gasteiger partial charge in [-0.1, -0.05) is 35.9 Å². The van der Waals surface area contributed by atoms with Gasteiger partial charge in [0.2, 0.25) is 0 Å². The molecule has 1 aromatic heterocycles. The lowest BCUT2D eigenvalue weighted by atomic mass is 9.97. The topological polar surface area (TPSA) is 84.0 Å². The van der Waals surface area contributed by atoms with Gasteiger partial charge in [-0.05, 0) is 61.9 Å². The van der Waals surface area contributed by atoms with E-state index in [1.165, 1.54) is 23.0 Å². The van der Waals surface area contributed by atoms with Gasteiger partial charge in [0, 0.05) is 12.1 Å². The van der Waals surface area contributed by atoms with E-state index in [4.69, 9.17) is 0 Å². The van der Waals surface area contributed by atoms with Gasteiger partial charge >= 0.3 is 5.69 Å². The first-order chi connectivity index (χ1) is 14.6. The Bertz CT molecular complexity index is 1200. The third-order valence-electron chi connectivity index (χ3n) is 5.56. The molecule has 0 fully saturated rings. The molecule has 0 saturated heterocycles. The van der Waals surface area contributed by atoms with Gasteiger partial charge in [0.05, 0.1) is 17.4 Å². The molecule has 1 amide bonds. The van der Waals surface area contributed by atoms with Crippen molar-refractivity contribution in [2.75, 3.05) is 6.54 Å². The second kappa shape index (κ2) is 8.95. The fourth-order valence-corrected chi connectivity index (χ4v) is 3.86. The van der Waals surface area contributed by atoms with Gasteiger partial charge in [-0.3, -0.25) is 14.2 Å². The molecule has 6 heteroatoms. The van der Waals surface area contributed by atoms with Crippen LogP contribution in [-0.2, 0) is 6.54 Å². The normalized spacial score (nSPS) is 13.8. The minimum absolute atomic E-state index is 0.112. The number of para-hydroxylation sites is 1. The van der Waals surface area contributed by atoms with E-state index in [1.54, 1.807) is 48.5 Å². The molecular formula is C24H25N3O3. The number of nitrogens with zero attached hydrogens (tertiary/aromatic N) is 1. The first kappa shape index (κ1) is 19.9. The standard InChI is InChI=1S/C24H25N3O3/c28-22(25-15-14-17-6-2-1-3-7-17)19-12-10-18(11-13-19)16-27-23(29)20-8-4-5-9-21(20)26-24(27)30/h4-6,8-13H,1-3,7,14-16H2,(H,25,28)(H,26,30). The monoisotopic (exact) mass is 403 g/mol. The van der Waals surface area contributed by atoms with Crippen molar-refractivity contribution >= 4 is 16.8 Å². The van der Waals surface area contributed by atoms with Gasteiger partial charge in [-0.2, -0.15) is 0 Å². The number of amides is 1. The summed E-state index contributed by atoms with van der Waals surface area (Å²) in [5.74, 6) is -0.112. The predicted molar refractivity (Wildman–Crippen MR) is 118 cm³/mol. The number of aromatic nitrogens is 2. The number of hydrogen-bond acceptors (Lipinski definition) is 3. The third-order valence-corrected chi connectivity index (χ3v) is 5.56. The number of rotatable bonds is 6. The van der Waals surface area contributed by atoms with Crippen LogP contribution in [0.4, 0.5) is 0 Å². The van der Waals surface area contributed by atoms with E-state index in [-0.39, 0.29) is 18.0 Å². The fourth-order valence-electron chi connectivity index (χ4n) is 3.86. The average Bonchev–Trinajstić information content (AvgIpc) is 2.78. The van der Waals surface area contributed by atoms with Crippen molar-refractivity contribution in [1.82, 2.24) is 14.9 Å². The summed E-state index contributed by atoms with van der Waals surface area (Å²) in [6, 6.07) is 14.0. The lowest BCUT2D eigenvalue weighted by Gasteiger charge is -2.13. The number of aromatic amines is 1. The maximum atomic E-state index is 12.7. The second-order valence-corrected chi connectivity index (χ2v) is 7.68. The van der Waals surface area contributed by atoms with Crippen LogP contribution >= 0.6 is 0 Å². The van der Waals surface area contributed by atoms with Crippen LogP contribution in [-0.4, -0.2) is 22.0 Å². The summed E-state index contributed by atoms with van der Waals surface area (Å²) >= 11 is 0. The van der Waals surface area contributed by atoms with Crippen LogP contribution in [0.3, 0.4) is 0 Å². The third kappa shape index (κ3) is 4.43. The van der Waals surface area contributed by atoms with Gasteiger partial charge < -0.3 is 10.3 Å². The van der Waals surface area contributed by atoms with E-state index in [1.807, 2.05) is 0 Å². The predicted octanol–water partition coefficient (Wildman–Crippen LogP) is 3.36. The van der Waals surface area contributed by atoms with Crippen LogP contribution in [0, 0.1) is 0 Å². The first-order valence-electron chi connectivity index (χ1n) is 10.4. The molecule has 0 atom stereocenters. The minimum Gasteiger partial charge on any atom is -0.352 e. The molecule has 0 unspecified atom stereocenters. The molecule has 0 bridgehead atoms. The summed E-state index contributed by atoms with van der Waals surface area (Å²) in [4.78, 5) is 40.1. The molecular weight excluding hydrogens is 378 g/mol. The fraction of sp³-hybridized carbons (Fsp3) is 0.292. The number of H-pyrrole nitrogens is 1. The second-order valence-electron chi connectivity index (χ2n) is 7.68. The van der Waals surface area contributed by atoms with E-state index in [0.29, 0.717) is 23.0 Å². The SMILES string of the molecule is O=C(NCCC1=CCCCC1)c1ccc(Cn2c(=O)[nH]c3ccccc3c2=O)cc1. The van der Waals surface area contributed by atoms with Gasteiger partial charge in [-0.15, -0.1) is 0 Å².